The number of rotatable bonds is 3. The van der Waals surface area contributed by atoms with Crippen LogP contribution in [0.2, 0.25) is 5.02 Å². The molecule has 2 rings (SSSR count). The highest BCUT2D eigenvalue weighted by Crippen LogP contribution is 2.24. The lowest BCUT2D eigenvalue weighted by Gasteiger charge is -2.08. The third-order valence-corrected chi connectivity index (χ3v) is 3.71. The van der Waals surface area contributed by atoms with Gasteiger partial charge in [-0.05, 0) is 59.0 Å². The van der Waals surface area contributed by atoms with Gasteiger partial charge in [0, 0.05) is 9.13 Å². The highest BCUT2D eigenvalue weighted by molar-refractivity contribution is 14.1. The van der Waals surface area contributed by atoms with Gasteiger partial charge in [-0.25, -0.2) is 4.79 Å². The molecule has 0 heterocycles. The number of carbonyl (C=O) groups excluding carboxylic acids is 2. The van der Waals surface area contributed by atoms with Crippen molar-refractivity contribution < 1.29 is 14.3 Å². The zero-order valence-electron chi connectivity index (χ0n) is 11.0. The third-order valence-electron chi connectivity index (χ3n) is 2.73. The van der Waals surface area contributed by atoms with Crippen LogP contribution >= 0.6 is 34.2 Å². The number of nitrogens with one attached hydrogen (secondary N) is 1. The predicted octanol–water partition coefficient (Wildman–Crippen LogP) is 3.98. The van der Waals surface area contributed by atoms with Crippen molar-refractivity contribution in [2.75, 3.05) is 12.4 Å². The Kier molecular flexibility index (Phi) is 5.19. The number of methoxy groups -OCH3 is 1. The van der Waals surface area contributed by atoms with Gasteiger partial charge in [0.25, 0.3) is 5.91 Å². The average molecular weight is 416 g/mol. The van der Waals surface area contributed by atoms with Crippen LogP contribution in [0.5, 0.6) is 0 Å². The number of anilines is 1. The fraction of sp³-hybridized carbons (Fsp3) is 0.0667. The molecule has 108 valence electrons. The molecule has 0 radical (unpaired) electrons. The van der Waals surface area contributed by atoms with Gasteiger partial charge in [0.05, 0.1) is 23.4 Å². The number of benzene rings is 2. The summed E-state index contributed by atoms with van der Waals surface area (Å²) in [6.45, 7) is 0. The molecule has 1 amide bonds. The van der Waals surface area contributed by atoms with Gasteiger partial charge in [-0.3, -0.25) is 4.79 Å². The molecule has 1 N–H and O–H groups in total. The van der Waals surface area contributed by atoms with E-state index in [-0.39, 0.29) is 5.91 Å². The SMILES string of the molecule is COC(=O)c1cccc(C(=O)Nc2ccc(I)cc2Cl)c1. The lowest BCUT2D eigenvalue weighted by atomic mass is 10.1. The second kappa shape index (κ2) is 6.91. The van der Waals surface area contributed by atoms with E-state index in [4.69, 9.17) is 11.6 Å². The molecule has 21 heavy (non-hydrogen) atoms. The van der Waals surface area contributed by atoms with Crippen molar-refractivity contribution in [2.45, 2.75) is 0 Å². The maximum absolute atomic E-state index is 12.2. The van der Waals surface area contributed by atoms with E-state index < -0.39 is 5.97 Å². The number of esters is 1. The van der Waals surface area contributed by atoms with Crippen LogP contribution in [0, 0.1) is 3.57 Å². The Morgan fingerprint density at radius 3 is 2.52 bits per heavy atom. The van der Waals surface area contributed by atoms with Crippen LogP contribution in [0.3, 0.4) is 0 Å². The molecule has 6 heteroatoms. The molecule has 2 aromatic rings. The Bertz CT molecular complexity index is 703. The fourth-order valence-corrected chi connectivity index (χ4v) is 2.59. The first-order valence-corrected chi connectivity index (χ1v) is 7.41. The minimum atomic E-state index is -0.489. The third kappa shape index (κ3) is 3.95. The molecule has 0 bridgehead atoms. The maximum atomic E-state index is 12.2. The minimum Gasteiger partial charge on any atom is -0.465 e. The predicted molar refractivity (Wildman–Crippen MR) is 89.9 cm³/mol. The summed E-state index contributed by atoms with van der Waals surface area (Å²) < 4.78 is 5.60. The van der Waals surface area contributed by atoms with Gasteiger partial charge in [-0.1, -0.05) is 17.7 Å². The van der Waals surface area contributed by atoms with E-state index >= 15 is 0 Å². The number of amides is 1. The normalized spacial score (nSPS) is 10.0. The van der Waals surface area contributed by atoms with E-state index in [0.717, 1.165) is 3.57 Å². The van der Waals surface area contributed by atoms with E-state index in [2.05, 4.69) is 32.6 Å². The molecular weight excluding hydrogens is 405 g/mol. The van der Waals surface area contributed by atoms with Crippen molar-refractivity contribution in [3.63, 3.8) is 0 Å². The fourth-order valence-electron chi connectivity index (χ4n) is 1.69. The zero-order chi connectivity index (χ0) is 15.4. The first-order chi connectivity index (χ1) is 10.0. The maximum Gasteiger partial charge on any atom is 0.337 e. The summed E-state index contributed by atoms with van der Waals surface area (Å²) >= 11 is 8.21. The lowest BCUT2D eigenvalue weighted by molar-refractivity contribution is 0.0600. The summed E-state index contributed by atoms with van der Waals surface area (Å²) in [5, 5.41) is 3.17. The number of hydrogen-bond donors (Lipinski definition) is 1. The van der Waals surface area contributed by atoms with E-state index in [1.165, 1.54) is 13.2 Å². The first kappa shape index (κ1) is 15.8. The van der Waals surface area contributed by atoms with Gasteiger partial charge in [-0.2, -0.15) is 0 Å². The van der Waals surface area contributed by atoms with Gasteiger partial charge in [-0.15, -0.1) is 0 Å². The van der Waals surface area contributed by atoms with Crippen LogP contribution in [0.1, 0.15) is 20.7 Å². The van der Waals surface area contributed by atoms with Crippen LogP contribution in [-0.2, 0) is 4.74 Å². The van der Waals surface area contributed by atoms with E-state index in [9.17, 15) is 9.59 Å². The molecule has 2 aromatic carbocycles. The van der Waals surface area contributed by atoms with Crippen molar-refractivity contribution in [1.82, 2.24) is 0 Å². The summed E-state index contributed by atoms with van der Waals surface area (Å²) in [5.41, 5.74) is 1.19. The second-order valence-electron chi connectivity index (χ2n) is 4.15. The summed E-state index contributed by atoms with van der Waals surface area (Å²) in [4.78, 5) is 23.7. The number of ether oxygens (including phenoxy) is 1. The molecule has 0 saturated heterocycles. The van der Waals surface area contributed by atoms with Gasteiger partial charge in [0.15, 0.2) is 0 Å². The summed E-state index contributed by atoms with van der Waals surface area (Å²) in [6.07, 6.45) is 0. The van der Waals surface area contributed by atoms with E-state index in [0.29, 0.717) is 21.8 Å². The highest BCUT2D eigenvalue weighted by atomic mass is 127. The molecule has 4 nitrogen and oxygen atoms in total. The summed E-state index contributed by atoms with van der Waals surface area (Å²) in [7, 11) is 1.29. The number of carbonyl (C=O) groups is 2. The van der Waals surface area contributed by atoms with Crippen LogP contribution in [0.25, 0.3) is 0 Å². The monoisotopic (exact) mass is 415 g/mol. The van der Waals surface area contributed by atoms with Crippen molar-refractivity contribution in [3.8, 4) is 0 Å². The first-order valence-electron chi connectivity index (χ1n) is 5.96. The second-order valence-corrected chi connectivity index (χ2v) is 5.80. The summed E-state index contributed by atoms with van der Waals surface area (Å²) in [5.74, 6) is -0.833. The molecule has 0 fully saturated rings. The van der Waals surface area contributed by atoms with Crippen molar-refractivity contribution in [1.29, 1.82) is 0 Å². The smallest absolute Gasteiger partial charge is 0.337 e. The Hall–Kier alpha value is -1.60. The molecular formula is C15H11ClINO3. The van der Waals surface area contributed by atoms with Crippen LogP contribution in [0.15, 0.2) is 42.5 Å². The van der Waals surface area contributed by atoms with Crippen LogP contribution in [0.4, 0.5) is 5.69 Å². The van der Waals surface area contributed by atoms with Crippen molar-refractivity contribution in [3.05, 3.63) is 62.2 Å². The van der Waals surface area contributed by atoms with Gasteiger partial charge in [0.1, 0.15) is 0 Å². The molecule has 0 aromatic heterocycles. The Labute approximate surface area is 140 Å². The highest BCUT2D eigenvalue weighted by Gasteiger charge is 2.12. The number of hydrogen-bond acceptors (Lipinski definition) is 3. The summed E-state index contributed by atoms with van der Waals surface area (Å²) in [6, 6.07) is 11.6. The minimum absolute atomic E-state index is 0.318. The Balaban J connectivity index is 2.22. The van der Waals surface area contributed by atoms with Gasteiger partial charge in [0.2, 0.25) is 0 Å². The molecule has 0 aliphatic heterocycles. The molecule has 0 spiro atoms. The molecule has 0 atom stereocenters. The quantitative estimate of drug-likeness (QED) is 0.609. The average Bonchev–Trinajstić information content (AvgIpc) is 2.49. The van der Waals surface area contributed by atoms with Gasteiger partial charge >= 0.3 is 5.97 Å². The van der Waals surface area contributed by atoms with Crippen molar-refractivity contribution >= 4 is 51.8 Å². The van der Waals surface area contributed by atoms with Crippen LogP contribution < -0.4 is 5.32 Å². The Morgan fingerprint density at radius 1 is 1.14 bits per heavy atom. The standard InChI is InChI=1S/C15H11ClINO3/c1-21-15(20)10-4-2-3-9(7-10)14(19)18-13-6-5-11(17)8-12(13)16/h2-8H,1H3,(H,18,19). The molecule has 0 aliphatic carbocycles. The largest absolute Gasteiger partial charge is 0.465 e. The number of halogens is 2. The zero-order valence-corrected chi connectivity index (χ0v) is 13.9. The lowest BCUT2D eigenvalue weighted by Crippen LogP contribution is -2.13. The molecule has 0 saturated carbocycles. The van der Waals surface area contributed by atoms with Gasteiger partial charge < -0.3 is 10.1 Å². The topological polar surface area (TPSA) is 55.4 Å². The molecule has 0 unspecified atom stereocenters. The van der Waals surface area contributed by atoms with Crippen molar-refractivity contribution in [2.24, 2.45) is 0 Å². The Morgan fingerprint density at radius 2 is 1.86 bits per heavy atom. The molecule has 0 aliphatic rings. The van der Waals surface area contributed by atoms with E-state index in [1.807, 2.05) is 6.07 Å². The van der Waals surface area contributed by atoms with E-state index in [1.54, 1.807) is 30.3 Å². The van der Waals surface area contributed by atoms with Crippen LogP contribution in [-0.4, -0.2) is 19.0 Å².